The van der Waals surface area contributed by atoms with Gasteiger partial charge in [-0.05, 0) is 38.8 Å². The van der Waals surface area contributed by atoms with Crippen molar-refractivity contribution in [3.8, 4) is 0 Å². The van der Waals surface area contributed by atoms with Gasteiger partial charge in [-0.15, -0.1) is 5.10 Å². The minimum Gasteiger partial charge on any atom is -0.349 e. The largest absolute Gasteiger partial charge is 0.349 e. The number of aromatic nitrogens is 2. The molecule has 19 heavy (non-hydrogen) atoms. The fourth-order valence-electron chi connectivity index (χ4n) is 2.60. The molecule has 0 radical (unpaired) electrons. The summed E-state index contributed by atoms with van der Waals surface area (Å²) in [6.45, 7) is 2.74. The molecular weight excluding hydrogens is 246 g/mol. The van der Waals surface area contributed by atoms with Crippen LogP contribution in [0.1, 0.15) is 19.3 Å². The molecule has 0 bridgehead atoms. The number of hydrogen-bond acceptors (Lipinski definition) is 5. The van der Waals surface area contributed by atoms with E-state index in [1.807, 2.05) is 11.9 Å². The molecule has 0 spiro atoms. The minimum absolute atomic E-state index is 0.108. The third kappa shape index (κ3) is 3.23. The molecule has 0 amide bonds. The normalized spacial score (nSPS) is 16.8. The van der Waals surface area contributed by atoms with Crippen molar-refractivity contribution in [1.29, 1.82) is 0 Å². The molecule has 2 heterocycles. The van der Waals surface area contributed by atoms with Crippen molar-refractivity contribution in [1.82, 2.24) is 15.1 Å². The Kier molecular flexibility index (Phi) is 4.36. The van der Waals surface area contributed by atoms with Crippen LogP contribution < -0.4 is 10.2 Å². The molecule has 0 unspecified atom stereocenters. The first-order chi connectivity index (χ1) is 9.11. The van der Waals surface area contributed by atoms with Gasteiger partial charge in [-0.2, -0.15) is 0 Å². The minimum atomic E-state index is -0.352. The van der Waals surface area contributed by atoms with Crippen LogP contribution in [0.2, 0.25) is 0 Å². The van der Waals surface area contributed by atoms with E-state index in [-0.39, 0.29) is 10.6 Å². The quantitative estimate of drug-likeness (QED) is 0.640. The molecule has 1 aromatic heterocycles. The average molecular weight is 267 g/mol. The molecule has 1 aliphatic heterocycles. The Bertz CT molecular complexity index is 437. The van der Waals surface area contributed by atoms with E-state index in [9.17, 15) is 10.1 Å². The standard InChI is InChI=1S/C12H21N5O2/c1-13-6-3-10-4-7-16(8-5-10)12-11(17(18)19)9-15(2)14-12/h9-10,13H,3-8H2,1-2H3. The zero-order valence-electron chi connectivity index (χ0n) is 11.5. The van der Waals surface area contributed by atoms with Crippen molar-refractivity contribution in [3.05, 3.63) is 16.3 Å². The average Bonchev–Trinajstić information content (AvgIpc) is 2.79. The van der Waals surface area contributed by atoms with Crippen molar-refractivity contribution >= 4 is 11.5 Å². The molecule has 7 nitrogen and oxygen atoms in total. The van der Waals surface area contributed by atoms with Gasteiger partial charge in [-0.1, -0.05) is 0 Å². The van der Waals surface area contributed by atoms with Crippen LogP contribution in [0.5, 0.6) is 0 Å². The highest BCUT2D eigenvalue weighted by Gasteiger charge is 2.27. The van der Waals surface area contributed by atoms with Gasteiger partial charge >= 0.3 is 5.69 Å². The Morgan fingerprint density at radius 1 is 1.53 bits per heavy atom. The SMILES string of the molecule is CNCCC1CCN(c2nn(C)cc2[N+](=O)[O-])CC1. The predicted molar refractivity (Wildman–Crippen MR) is 73.3 cm³/mol. The van der Waals surface area contributed by atoms with Gasteiger partial charge < -0.3 is 10.2 Å². The van der Waals surface area contributed by atoms with Gasteiger partial charge in [0.2, 0.25) is 5.82 Å². The summed E-state index contributed by atoms with van der Waals surface area (Å²) in [5.41, 5.74) is 0.108. The number of rotatable bonds is 5. The van der Waals surface area contributed by atoms with Gasteiger partial charge in [0.25, 0.3) is 0 Å². The van der Waals surface area contributed by atoms with Gasteiger partial charge in [0, 0.05) is 20.1 Å². The van der Waals surface area contributed by atoms with Crippen molar-refractivity contribution < 1.29 is 4.92 Å². The van der Waals surface area contributed by atoms with Gasteiger partial charge in [0.05, 0.1) is 4.92 Å². The number of nitrogens with one attached hydrogen (secondary N) is 1. The highest BCUT2D eigenvalue weighted by atomic mass is 16.6. The molecule has 7 heteroatoms. The van der Waals surface area contributed by atoms with E-state index in [2.05, 4.69) is 10.4 Å². The van der Waals surface area contributed by atoms with Crippen LogP contribution >= 0.6 is 0 Å². The highest BCUT2D eigenvalue weighted by molar-refractivity contribution is 5.56. The summed E-state index contributed by atoms with van der Waals surface area (Å²) in [5.74, 6) is 1.23. The fourth-order valence-corrected chi connectivity index (χ4v) is 2.60. The van der Waals surface area contributed by atoms with Gasteiger partial charge in [0.15, 0.2) is 0 Å². The van der Waals surface area contributed by atoms with Crippen LogP contribution in [0, 0.1) is 16.0 Å². The van der Waals surface area contributed by atoms with Crippen LogP contribution in [-0.2, 0) is 7.05 Å². The lowest BCUT2D eigenvalue weighted by molar-refractivity contribution is -0.384. The molecule has 1 aliphatic rings. The third-order valence-electron chi connectivity index (χ3n) is 3.70. The van der Waals surface area contributed by atoms with E-state index in [0.29, 0.717) is 11.7 Å². The van der Waals surface area contributed by atoms with Gasteiger partial charge in [-0.25, -0.2) is 0 Å². The van der Waals surface area contributed by atoms with Crippen LogP contribution in [0.15, 0.2) is 6.20 Å². The number of hydrogen-bond donors (Lipinski definition) is 1. The van der Waals surface area contributed by atoms with Crippen LogP contribution in [0.4, 0.5) is 11.5 Å². The second kappa shape index (κ2) is 6.01. The Morgan fingerprint density at radius 3 is 2.79 bits per heavy atom. The summed E-state index contributed by atoms with van der Waals surface area (Å²) >= 11 is 0. The lowest BCUT2D eigenvalue weighted by Gasteiger charge is -2.31. The Morgan fingerprint density at radius 2 is 2.21 bits per heavy atom. The number of nitrogens with zero attached hydrogens (tertiary/aromatic N) is 4. The topological polar surface area (TPSA) is 76.2 Å². The summed E-state index contributed by atoms with van der Waals surface area (Å²) in [4.78, 5) is 12.7. The highest BCUT2D eigenvalue weighted by Crippen LogP contribution is 2.30. The molecule has 1 N–H and O–H groups in total. The zero-order chi connectivity index (χ0) is 13.8. The van der Waals surface area contributed by atoms with Crippen molar-refractivity contribution in [2.24, 2.45) is 13.0 Å². The Balaban J connectivity index is 1.99. The van der Waals surface area contributed by atoms with Crippen molar-refractivity contribution in [3.63, 3.8) is 0 Å². The van der Waals surface area contributed by atoms with Crippen LogP contribution in [0.3, 0.4) is 0 Å². The van der Waals surface area contributed by atoms with Gasteiger partial charge in [0.1, 0.15) is 6.20 Å². The molecule has 2 rings (SSSR count). The summed E-state index contributed by atoms with van der Waals surface area (Å²) < 4.78 is 1.51. The monoisotopic (exact) mass is 267 g/mol. The molecule has 0 aliphatic carbocycles. The third-order valence-corrected chi connectivity index (χ3v) is 3.70. The van der Waals surface area contributed by atoms with Crippen molar-refractivity contribution in [2.75, 3.05) is 31.6 Å². The lowest BCUT2D eigenvalue weighted by atomic mass is 9.93. The Labute approximate surface area is 112 Å². The maximum absolute atomic E-state index is 11.0. The molecular formula is C12H21N5O2. The molecule has 1 fully saturated rings. The van der Waals surface area contributed by atoms with E-state index in [4.69, 9.17) is 0 Å². The van der Waals surface area contributed by atoms with Crippen LogP contribution in [-0.4, -0.2) is 41.4 Å². The number of nitro groups is 1. The van der Waals surface area contributed by atoms with E-state index < -0.39 is 0 Å². The molecule has 0 atom stereocenters. The maximum atomic E-state index is 11.0. The summed E-state index contributed by atoms with van der Waals surface area (Å²) in [5, 5.41) is 18.4. The van der Waals surface area contributed by atoms with Gasteiger partial charge in [-0.3, -0.25) is 14.8 Å². The predicted octanol–water partition coefficient (Wildman–Crippen LogP) is 1.15. The fraction of sp³-hybridized carbons (Fsp3) is 0.750. The molecule has 1 saturated heterocycles. The number of aryl methyl sites for hydroxylation is 1. The van der Waals surface area contributed by atoms with E-state index in [1.165, 1.54) is 17.3 Å². The van der Waals surface area contributed by atoms with E-state index in [1.54, 1.807) is 7.05 Å². The lowest BCUT2D eigenvalue weighted by Crippen LogP contribution is -2.35. The Hall–Kier alpha value is -1.63. The first-order valence-corrected chi connectivity index (χ1v) is 6.69. The first kappa shape index (κ1) is 13.8. The van der Waals surface area contributed by atoms with Crippen LogP contribution in [0.25, 0.3) is 0 Å². The van der Waals surface area contributed by atoms with E-state index in [0.717, 1.165) is 32.5 Å². The smallest absolute Gasteiger partial charge is 0.330 e. The maximum Gasteiger partial charge on any atom is 0.330 e. The number of anilines is 1. The second-order valence-electron chi connectivity index (χ2n) is 5.09. The number of piperidine rings is 1. The molecule has 106 valence electrons. The summed E-state index contributed by atoms with van der Waals surface area (Å²) in [6.07, 6.45) is 4.81. The molecule has 0 aromatic carbocycles. The first-order valence-electron chi connectivity index (χ1n) is 6.69. The van der Waals surface area contributed by atoms with Crippen molar-refractivity contribution in [2.45, 2.75) is 19.3 Å². The van der Waals surface area contributed by atoms with E-state index >= 15 is 0 Å². The molecule has 0 saturated carbocycles. The summed E-state index contributed by atoms with van der Waals surface area (Å²) in [6, 6.07) is 0. The summed E-state index contributed by atoms with van der Waals surface area (Å²) in [7, 11) is 3.68. The molecule has 1 aromatic rings. The second-order valence-corrected chi connectivity index (χ2v) is 5.09. The zero-order valence-corrected chi connectivity index (χ0v) is 11.5.